The average molecular weight is 332 g/mol. The molecule has 0 N–H and O–H groups in total. The summed E-state index contributed by atoms with van der Waals surface area (Å²) < 4.78 is 21.8. The summed E-state index contributed by atoms with van der Waals surface area (Å²) in [6, 6.07) is 16.5. The smallest absolute Gasteiger partial charge is 0.220 e. The zero-order valence-corrected chi connectivity index (χ0v) is 14.0. The number of aryl methyl sites for hydroxylation is 1. The van der Waals surface area contributed by atoms with Crippen molar-refractivity contribution < 1.29 is 8.81 Å². The van der Waals surface area contributed by atoms with Crippen molar-refractivity contribution in [2.45, 2.75) is 13.8 Å². The maximum Gasteiger partial charge on any atom is 0.220 e. The molecule has 2 heterocycles. The van der Waals surface area contributed by atoms with E-state index >= 15 is 0 Å². The van der Waals surface area contributed by atoms with Crippen LogP contribution in [0.4, 0.5) is 4.39 Å². The van der Waals surface area contributed by atoms with E-state index in [1.54, 1.807) is 12.1 Å². The lowest BCUT2D eigenvalue weighted by Gasteiger charge is -2.10. The van der Waals surface area contributed by atoms with Gasteiger partial charge in [0.25, 0.3) is 0 Å². The van der Waals surface area contributed by atoms with Crippen LogP contribution in [-0.2, 0) is 0 Å². The van der Waals surface area contributed by atoms with Crippen LogP contribution < -0.4 is 0 Å². The van der Waals surface area contributed by atoms with Gasteiger partial charge in [-0.2, -0.15) is 0 Å². The van der Waals surface area contributed by atoms with Crippen molar-refractivity contribution in [3.8, 4) is 5.69 Å². The van der Waals surface area contributed by atoms with Gasteiger partial charge in [0.1, 0.15) is 11.3 Å². The maximum atomic E-state index is 14.1. The van der Waals surface area contributed by atoms with E-state index in [2.05, 4.69) is 4.98 Å². The van der Waals surface area contributed by atoms with Crippen molar-refractivity contribution in [3.63, 3.8) is 0 Å². The first-order valence-corrected chi connectivity index (χ1v) is 8.11. The number of fused-ring (bicyclic) bond motifs is 1. The molecule has 0 bridgehead atoms. The second-order valence-corrected chi connectivity index (χ2v) is 5.97. The SMILES string of the molecule is Cc1cc(/C=C/c2nc3ccccc3o2)c(C)n1-c1ccccc1F. The Bertz CT molecular complexity index is 1060. The molecule has 0 spiro atoms. The van der Waals surface area contributed by atoms with Crippen LogP contribution in [0.5, 0.6) is 0 Å². The second-order valence-electron chi connectivity index (χ2n) is 5.97. The predicted octanol–water partition coefficient (Wildman–Crippen LogP) is 5.54. The molecule has 4 aromatic rings. The van der Waals surface area contributed by atoms with Crippen LogP contribution in [0.1, 0.15) is 22.8 Å². The van der Waals surface area contributed by atoms with Crippen LogP contribution in [-0.4, -0.2) is 9.55 Å². The first-order chi connectivity index (χ1) is 12.1. The molecule has 0 aliphatic rings. The summed E-state index contributed by atoms with van der Waals surface area (Å²) in [7, 11) is 0. The van der Waals surface area contributed by atoms with E-state index in [9.17, 15) is 4.39 Å². The second kappa shape index (κ2) is 6.06. The van der Waals surface area contributed by atoms with Gasteiger partial charge in [-0.25, -0.2) is 9.37 Å². The summed E-state index contributed by atoms with van der Waals surface area (Å²) in [4.78, 5) is 4.44. The molecule has 0 amide bonds. The van der Waals surface area contributed by atoms with E-state index in [0.717, 1.165) is 28.1 Å². The minimum Gasteiger partial charge on any atom is -0.437 e. The molecule has 0 radical (unpaired) electrons. The lowest BCUT2D eigenvalue weighted by Crippen LogP contribution is -2.01. The number of oxazole rings is 1. The van der Waals surface area contributed by atoms with Crippen molar-refractivity contribution in [1.82, 2.24) is 9.55 Å². The fraction of sp³-hybridized carbons (Fsp3) is 0.0952. The summed E-state index contributed by atoms with van der Waals surface area (Å²) in [6.07, 6.45) is 3.79. The molecule has 0 atom stereocenters. The van der Waals surface area contributed by atoms with Crippen molar-refractivity contribution in [1.29, 1.82) is 0 Å². The highest BCUT2D eigenvalue weighted by atomic mass is 19.1. The van der Waals surface area contributed by atoms with Gasteiger partial charge in [0.15, 0.2) is 5.58 Å². The summed E-state index contributed by atoms with van der Waals surface area (Å²) in [5.41, 5.74) is 5.09. The molecule has 4 heteroatoms. The predicted molar refractivity (Wildman–Crippen MR) is 98.1 cm³/mol. The third kappa shape index (κ3) is 2.76. The molecule has 4 rings (SSSR count). The molecular weight excluding hydrogens is 315 g/mol. The van der Waals surface area contributed by atoms with Gasteiger partial charge in [0.2, 0.25) is 5.89 Å². The Morgan fingerprint density at radius 2 is 1.76 bits per heavy atom. The Labute approximate surface area is 145 Å². The summed E-state index contributed by atoms with van der Waals surface area (Å²) in [5.74, 6) is 0.315. The number of hydrogen-bond acceptors (Lipinski definition) is 2. The number of para-hydroxylation sites is 3. The van der Waals surface area contributed by atoms with E-state index < -0.39 is 0 Å². The first kappa shape index (κ1) is 15.4. The van der Waals surface area contributed by atoms with Crippen LogP contribution in [0.15, 0.2) is 59.0 Å². The number of benzene rings is 2. The summed E-state index contributed by atoms with van der Waals surface area (Å²) in [5, 5.41) is 0. The number of nitrogens with zero attached hydrogens (tertiary/aromatic N) is 2. The lowest BCUT2D eigenvalue weighted by atomic mass is 10.2. The molecule has 0 saturated heterocycles. The third-order valence-corrected chi connectivity index (χ3v) is 4.28. The van der Waals surface area contributed by atoms with E-state index in [0.29, 0.717) is 11.6 Å². The van der Waals surface area contributed by atoms with Gasteiger partial charge in [-0.3, -0.25) is 0 Å². The largest absolute Gasteiger partial charge is 0.437 e. The monoisotopic (exact) mass is 332 g/mol. The standard InChI is InChI=1S/C21H17FN2O/c1-14-13-16(15(2)24(14)19-9-5-3-7-17(19)22)11-12-21-23-18-8-4-6-10-20(18)25-21/h3-13H,1-2H3/b12-11+. The highest BCUT2D eigenvalue weighted by Crippen LogP contribution is 2.24. The Hall–Kier alpha value is -3.14. The minimum absolute atomic E-state index is 0.237. The van der Waals surface area contributed by atoms with Gasteiger partial charge < -0.3 is 8.98 Å². The molecule has 25 heavy (non-hydrogen) atoms. The highest BCUT2D eigenvalue weighted by Gasteiger charge is 2.12. The Morgan fingerprint density at radius 3 is 2.56 bits per heavy atom. The molecule has 2 aromatic heterocycles. The van der Waals surface area contributed by atoms with Crippen LogP contribution in [0.25, 0.3) is 28.9 Å². The van der Waals surface area contributed by atoms with Gasteiger partial charge in [-0.1, -0.05) is 24.3 Å². The van der Waals surface area contributed by atoms with Crippen molar-refractivity contribution >= 4 is 23.3 Å². The molecule has 0 unspecified atom stereocenters. The molecule has 0 fully saturated rings. The van der Waals surface area contributed by atoms with Crippen molar-refractivity contribution in [2.75, 3.05) is 0 Å². The fourth-order valence-electron chi connectivity index (χ4n) is 3.08. The van der Waals surface area contributed by atoms with E-state index in [4.69, 9.17) is 4.42 Å². The zero-order chi connectivity index (χ0) is 17.4. The van der Waals surface area contributed by atoms with Crippen LogP contribution >= 0.6 is 0 Å². The highest BCUT2D eigenvalue weighted by molar-refractivity contribution is 5.76. The normalized spacial score (nSPS) is 11.6. The molecule has 124 valence electrons. The third-order valence-electron chi connectivity index (χ3n) is 4.28. The topological polar surface area (TPSA) is 31.0 Å². The van der Waals surface area contributed by atoms with Crippen LogP contribution in [0, 0.1) is 19.7 Å². The van der Waals surface area contributed by atoms with Crippen molar-refractivity contribution in [2.24, 2.45) is 0 Å². The fourth-order valence-corrected chi connectivity index (χ4v) is 3.08. The Kier molecular flexibility index (Phi) is 3.73. The molecule has 0 saturated carbocycles. The lowest BCUT2D eigenvalue weighted by molar-refractivity contribution is 0.589. The molecule has 0 aliphatic carbocycles. The van der Waals surface area contributed by atoms with Gasteiger partial charge in [-0.15, -0.1) is 0 Å². The summed E-state index contributed by atoms with van der Waals surface area (Å²) in [6.45, 7) is 3.95. The van der Waals surface area contributed by atoms with Gasteiger partial charge in [0.05, 0.1) is 5.69 Å². The first-order valence-electron chi connectivity index (χ1n) is 8.11. The van der Waals surface area contributed by atoms with Crippen LogP contribution in [0.2, 0.25) is 0 Å². The average Bonchev–Trinajstić information content (AvgIpc) is 3.14. The van der Waals surface area contributed by atoms with E-state index in [-0.39, 0.29) is 5.82 Å². The quantitative estimate of drug-likeness (QED) is 0.493. The number of hydrogen-bond donors (Lipinski definition) is 0. The minimum atomic E-state index is -0.237. The van der Waals surface area contributed by atoms with Crippen LogP contribution in [0.3, 0.4) is 0 Å². The van der Waals surface area contributed by atoms with E-state index in [1.165, 1.54) is 6.07 Å². The number of aromatic nitrogens is 2. The number of halogens is 1. The molecule has 0 aliphatic heterocycles. The van der Waals surface area contributed by atoms with Crippen molar-refractivity contribution in [3.05, 3.63) is 83.3 Å². The zero-order valence-electron chi connectivity index (χ0n) is 14.0. The molecular formula is C21H17FN2O. The van der Waals surface area contributed by atoms with E-state index in [1.807, 2.05) is 67.0 Å². The Morgan fingerprint density at radius 1 is 1.00 bits per heavy atom. The Balaban J connectivity index is 1.72. The molecule has 2 aromatic carbocycles. The van der Waals surface area contributed by atoms with Gasteiger partial charge in [-0.05, 0) is 55.8 Å². The molecule has 3 nitrogen and oxygen atoms in total. The van der Waals surface area contributed by atoms with Gasteiger partial charge >= 0.3 is 0 Å². The maximum absolute atomic E-state index is 14.1. The summed E-state index contributed by atoms with van der Waals surface area (Å²) >= 11 is 0. The van der Waals surface area contributed by atoms with Gasteiger partial charge in [0, 0.05) is 17.5 Å². The number of rotatable bonds is 3.